The van der Waals surface area contributed by atoms with Crippen LogP contribution in [0.4, 0.5) is 0 Å². The Bertz CT molecular complexity index is 742. The molecule has 1 aromatic heterocycles. The van der Waals surface area contributed by atoms with Crippen LogP contribution in [0.15, 0.2) is 22.7 Å². The fraction of sp³-hybridized carbons (Fsp3) is 0.462. The van der Waals surface area contributed by atoms with Crippen LogP contribution in [0.2, 0.25) is 0 Å². The van der Waals surface area contributed by atoms with Crippen LogP contribution in [0.1, 0.15) is 12.7 Å². The number of fused-ring (bicyclic) bond motifs is 1. The molecule has 0 spiro atoms. The molecule has 0 fully saturated rings. The van der Waals surface area contributed by atoms with Crippen molar-refractivity contribution in [3.8, 4) is 0 Å². The molecule has 0 aliphatic rings. The van der Waals surface area contributed by atoms with E-state index in [0.29, 0.717) is 19.5 Å². The molecule has 116 valence electrons. The van der Waals surface area contributed by atoms with E-state index in [1.807, 2.05) is 22.8 Å². The summed E-state index contributed by atoms with van der Waals surface area (Å²) in [5.74, 6) is 0.330. The lowest BCUT2D eigenvalue weighted by atomic mass is 10.2. The topological polar surface area (TPSA) is 98.2 Å². The predicted molar refractivity (Wildman–Crippen MR) is 85.8 cm³/mol. The molecular formula is C13H18BrN3O3S. The van der Waals surface area contributed by atoms with Crippen molar-refractivity contribution >= 4 is 37.1 Å². The fourth-order valence-electron chi connectivity index (χ4n) is 2.40. The van der Waals surface area contributed by atoms with Gasteiger partial charge in [-0.05, 0) is 30.7 Å². The number of benzene rings is 1. The minimum atomic E-state index is -3.98. The first-order valence-electron chi connectivity index (χ1n) is 6.60. The third-order valence-corrected chi connectivity index (χ3v) is 4.63. The van der Waals surface area contributed by atoms with Gasteiger partial charge in [0, 0.05) is 17.4 Å². The van der Waals surface area contributed by atoms with Crippen molar-refractivity contribution in [2.45, 2.75) is 19.9 Å². The zero-order valence-corrected chi connectivity index (χ0v) is 14.1. The van der Waals surface area contributed by atoms with Gasteiger partial charge in [0.15, 0.2) is 0 Å². The van der Waals surface area contributed by atoms with Crippen LogP contribution < -0.4 is 5.73 Å². The van der Waals surface area contributed by atoms with Crippen molar-refractivity contribution in [3.63, 3.8) is 0 Å². The van der Waals surface area contributed by atoms with Crippen LogP contribution in [0, 0.1) is 5.92 Å². The van der Waals surface area contributed by atoms with E-state index in [0.717, 1.165) is 21.3 Å². The largest absolute Gasteiger partial charge is 0.330 e. The lowest BCUT2D eigenvalue weighted by molar-refractivity contribution is 0.452. The molecule has 0 aliphatic carbocycles. The van der Waals surface area contributed by atoms with Crippen LogP contribution in [-0.2, 0) is 23.1 Å². The van der Waals surface area contributed by atoms with Gasteiger partial charge in [-0.15, -0.1) is 0 Å². The summed E-state index contributed by atoms with van der Waals surface area (Å²) >= 11 is 3.41. The number of rotatable bonds is 6. The van der Waals surface area contributed by atoms with E-state index >= 15 is 0 Å². The van der Waals surface area contributed by atoms with Gasteiger partial charge < -0.3 is 10.3 Å². The third-order valence-electron chi connectivity index (χ3n) is 3.15. The normalized spacial score (nSPS) is 13.7. The van der Waals surface area contributed by atoms with Gasteiger partial charge in [-0.25, -0.2) is 4.98 Å². The molecule has 1 atom stereocenters. The monoisotopic (exact) mass is 375 g/mol. The second-order valence-corrected chi connectivity index (χ2v) is 7.58. The van der Waals surface area contributed by atoms with Gasteiger partial charge in [0.2, 0.25) is 0 Å². The lowest BCUT2D eigenvalue weighted by Crippen LogP contribution is -2.20. The molecule has 6 nitrogen and oxygen atoms in total. The first-order valence-corrected chi connectivity index (χ1v) is 9.00. The average molecular weight is 376 g/mol. The molecule has 21 heavy (non-hydrogen) atoms. The number of imidazole rings is 1. The minimum absolute atomic E-state index is 0.224. The molecule has 0 bridgehead atoms. The highest BCUT2D eigenvalue weighted by Gasteiger charge is 2.17. The molecule has 8 heteroatoms. The molecule has 0 radical (unpaired) electrons. The highest BCUT2D eigenvalue weighted by molar-refractivity contribution is 9.10. The van der Waals surface area contributed by atoms with Gasteiger partial charge in [-0.3, -0.25) is 4.55 Å². The van der Waals surface area contributed by atoms with Crippen molar-refractivity contribution in [1.29, 1.82) is 0 Å². The molecule has 0 saturated carbocycles. The standard InChI is InChI=1S/C13H18BrN3O3S/c1-9(8-21(18,19)20)7-17-12-3-2-10(14)6-11(12)16-13(17)4-5-15/h2-3,6,9H,4-5,7-8,15H2,1H3,(H,18,19,20). The van der Waals surface area contributed by atoms with Gasteiger partial charge in [0.1, 0.15) is 5.82 Å². The lowest BCUT2D eigenvalue weighted by Gasteiger charge is -2.14. The maximum Gasteiger partial charge on any atom is 0.265 e. The smallest absolute Gasteiger partial charge is 0.265 e. The van der Waals surface area contributed by atoms with Crippen LogP contribution in [0.25, 0.3) is 11.0 Å². The fourth-order valence-corrected chi connectivity index (χ4v) is 3.57. The van der Waals surface area contributed by atoms with Gasteiger partial charge in [0.25, 0.3) is 10.1 Å². The van der Waals surface area contributed by atoms with Gasteiger partial charge in [-0.2, -0.15) is 8.42 Å². The second kappa shape index (κ2) is 6.43. The highest BCUT2D eigenvalue weighted by atomic mass is 79.9. The Morgan fingerprint density at radius 1 is 1.48 bits per heavy atom. The summed E-state index contributed by atoms with van der Waals surface area (Å²) in [7, 11) is -3.98. The second-order valence-electron chi connectivity index (χ2n) is 5.16. The molecule has 1 heterocycles. The van der Waals surface area contributed by atoms with E-state index in [1.54, 1.807) is 6.92 Å². The SMILES string of the molecule is CC(Cn1c(CCN)nc2cc(Br)ccc21)CS(=O)(=O)O. The Morgan fingerprint density at radius 2 is 2.19 bits per heavy atom. The van der Waals surface area contributed by atoms with E-state index < -0.39 is 10.1 Å². The summed E-state index contributed by atoms with van der Waals surface area (Å²) in [6, 6.07) is 5.77. The summed E-state index contributed by atoms with van der Waals surface area (Å²) in [6.07, 6.45) is 0.616. The summed E-state index contributed by atoms with van der Waals surface area (Å²) in [6.45, 7) is 2.72. The van der Waals surface area contributed by atoms with Crippen LogP contribution in [0.3, 0.4) is 0 Å². The maximum absolute atomic E-state index is 11.0. The Morgan fingerprint density at radius 3 is 2.81 bits per heavy atom. The average Bonchev–Trinajstić information content (AvgIpc) is 2.64. The van der Waals surface area contributed by atoms with E-state index in [4.69, 9.17) is 10.3 Å². The van der Waals surface area contributed by atoms with Crippen molar-refractivity contribution < 1.29 is 13.0 Å². The number of nitrogens with zero attached hydrogens (tertiary/aromatic N) is 2. The first kappa shape index (κ1) is 16.4. The van der Waals surface area contributed by atoms with Gasteiger partial charge >= 0.3 is 0 Å². The summed E-state index contributed by atoms with van der Waals surface area (Å²) in [4.78, 5) is 4.55. The number of nitrogens with two attached hydrogens (primary N) is 1. The van der Waals surface area contributed by atoms with Crippen LogP contribution in [0.5, 0.6) is 0 Å². The van der Waals surface area contributed by atoms with Crippen LogP contribution in [-0.4, -0.2) is 34.8 Å². The highest BCUT2D eigenvalue weighted by Crippen LogP contribution is 2.22. The maximum atomic E-state index is 11.0. The number of aromatic nitrogens is 2. The van der Waals surface area contributed by atoms with Gasteiger partial charge in [-0.1, -0.05) is 22.9 Å². The Balaban J connectivity index is 2.38. The molecule has 1 aromatic carbocycles. The summed E-state index contributed by atoms with van der Waals surface area (Å²) in [5.41, 5.74) is 7.39. The van der Waals surface area contributed by atoms with Crippen molar-refractivity contribution in [3.05, 3.63) is 28.5 Å². The van der Waals surface area contributed by atoms with Gasteiger partial charge in [0.05, 0.1) is 16.8 Å². The van der Waals surface area contributed by atoms with Crippen molar-refractivity contribution in [2.24, 2.45) is 11.7 Å². The first-order chi connectivity index (χ1) is 9.80. The van der Waals surface area contributed by atoms with Crippen LogP contribution >= 0.6 is 15.9 Å². The van der Waals surface area contributed by atoms with Crippen molar-refractivity contribution in [2.75, 3.05) is 12.3 Å². The molecule has 0 aliphatic heterocycles. The Hall–Kier alpha value is -0.960. The molecule has 0 amide bonds. The summed E-state index contributed by atoms with van der Waals surface area (Å²) in [5, 5.41) is 0. The summed E-state index contributed by atoms with van der Waals surface area (Å²) < 4.78 is 33.9. The minimum Gasteiger partial charge on any atom is -0.330 e. The zero-order chi connectivity index (χ0) is 15.6. The zero-order valence-electron chi connectivity index (χ0n) is 11.7. The van der Waals surface area contributed by atoms with E-state index in [9.17, 15) is 8.42 Å². The van der Waals surface area contributed by atoms with Crippen molar-refractivity contribution in [1.82, 2.24) is 9.55 Å². The molecule has 3 N–H and O–H groups in total. The number of hydrogen-bond donors (Lipinski definition) is 2. The van der Waals surface area contributed by atoms with E-state index in [1.165, 1.54) is 0 Å². The quantitative estimate of drug-likeness (QED) is 0.750. The predicted octanol–water partition coefficient (Wildman–Crippen LogP) is 1.82. The number of hydrogen-bond acceptors (Lipinski definition) is 4. The molecule has 2 rings (SSSR count). The third kappa shape index (κ3) is 4.26. The molecule has 2 aromatic rings. The molecule has 1 unspecified atom stereocenters. The number of halogens is 1. The molecular weight excluding hydrogens is 358 g/mol. The van der Waals surface area contributed by atoms with E-state index in [-0.39, 0.29) is 11.7 Å². The van der Waals surface area contributed by atoms with E-state index in [2.05, 4.69) is 20.9 Å². The Kier molecular flexibility index (Phi) is 5.03. The Labute approximate surface area is 132 Å². The molecule has 0 saturated heterocycles.